The van der Waals surface area contributed by atoms with Gasteiger partial charge in [-0.25, -0.2) is 9.13 Å². The molecule has 2 nitrogen and oxygen atoms in total. The quantitative estimate of drug-likeness (QED) is 0.120. The van der Waals surface area contributed by atoms with E-state index in [4.69, 9.17) is 0 Å². The van der Waals surface area contributed by atoms with Gasteiger partial charge >= 0.3 is 0 Å². The van der Waals surface area contributed by atoms with Crippen molar-refractivity contribution >= 4 is 0 Å². The van der Waals surface area contributed by atoms with Crippen molar-refractivity contribution in [1.29, 1.82) is 0 Å². The fraction of sp³-hybridized carbons (Fsp3) is 0.706. The minimum atomic E-state index is 1.18. The molecule has 0 spiro atoms. The van der Waals surface area contributed by atoms with Gasteiger partial charge in [0, 0.05) is 36.1 Å². The summed E-state index contributed by atoms with van der Waals surface area (Å²) < 4.78 is 4.81. The summed E-state index contributed by atoms with van der Waals surface area (Å²) in [4.78, 5) is 0. The van der Waals surface area contributed by atoms with Crippen molar-refractivity contribution in [2.75, 3.05) is 0 Å². The van der Waals surface area contributed by atoms with Gasteiger partial charge in [-0.15, -0.1) is 0 Å². The SMILES string of the molecule is CC.CCCCCc1ccc[n+](CCCCCCCCCCCC[n+]2cccc(CCCCC)c2)c1. The standard InChI is InChI=1S/C32H54N2.C2H6/c1-3-5-15-21-31-23-19-27-33(29-31)25-17-13-11-9-7-8-10-12-14-18-26-34-28-20-24-32(30-34)22-16-6-4-2;1-2/h19-20,23-24,27-30H,3-18,21-22,25-26H2,1-2H3;1-2H3/q+2;. The van der Waals surface area contributed by atoms with Crippen molar-refractivity contribution in [3.8, 4) is 0 Å². The summed E-state index contributed by atoms with van der Waals surface area (Å²) in [6.07, 6.45) is 33.6. The highest BCUT2D eigenvalue weighted by Gasteiger charge is 2.04. The van der Waals surface area contributed by atoms with Crippen LogP contribution in [-0.2, 0) is 25.9 Å². The topological polar surface area (TPSA) is 7.76 Å². The first kappa shape index (κ1) is 32.3. The van der Waals surface area contributed by atoms with Crippen LogP contribution in [0.5, 0.6) is 0 Å². The highest BCUT2D eigenvalue weighted by Crippen LogP contribution is 2.11. The predicted molar refractivity (Wildman–Crippen MR) is 157 cm³/mol. The molecule has 204 valence electrons. The lowest BCUT2D eigenvalue weighted by molar-refractivity contribution is -0.697. The molecule has 2 aromatic heterocycles. The van der Waals surface area contributed by atoms with Crippen LogP contribution in [0, 0.1) is 0 Å². The van der Waals surface area contributed by atoms with Gasteiger partial charge in [-0.2, -0.15) is 0 Å². The minimum absolute atomic E-state index is 1.18. The Hall–Kier alpha value is -1.70. The molecule has 0 radical (unpaired) electrons. The molecule has 2 heterocycles. The van der Waals surface area contributed by atoms with Gasteiger partial charge in [0.25, 0.3) is 0 Å². The molecule has 0 aliphatic carbocycles. The van der Waals surface area contributed by atoms with Crippen molar-refractivity contribution in [3.05, 3.63) is 60.2 Å². The van der Waals surface area contributed by atoms with Crippen molar-refractivity contribution in [2.45, 2.75) is 156 Å². The Kier molecular flexibility index (Phi) is 21.3. The maximum Gasteiger partial charge on any atom is 0.171 e. The van der Waals surface area contributed by atoms with Crippen molar-refractivity contribution in [1.82, 2.24) is 0 Å². The second-order valence-corrected chi connectivity index (χ2v) is 10.3. The smallest absolute Gasteiger partial charge is 0.171 e. The van der Waals surface area contributed by atoms with Crippen molar-refractivity contribution in [2.24, 2.45) is 0 Å². The minimum Gasteiger partial charge on any atom is -0.205 e. The zero-order valence-electron chi connectivity index (χ0n) is 24.7. The highest BCUT2D eigenvalue weighted by molar-refractivity contribution is 5.05. The van der Waals surface area contributed by atoms with Crippen LogP contribution in [0.15, 0.2) is 49.1 Å². The van der Waals surface area contributed by atoms with Crippen LogP contribution in [0.1, 0.15) is 142 Å². The van der Waals surface area contributed by atoms with E-state index in [9.17, 15) is 0 Å². The predicted octanol–water partition coefficient (Wildman–Crippen LogP) is 9.35. The summed E-state index contributed by atoms with van der Waals surface area (Å²) in [7, 11) is 0. The molecule has 0 unspecified atom stereocenters. The van der Waals surface area contributed by atoms with Gasteiger partial charge in [0.2, 0.25) is 0 Å². The number of aromatic nitrogens is 2. The lowest BCUT2D eigenvalue weighted by atomic mass is 10.1. The third-order valence-corrected chi connectivity index (χ3v) is 7.06. The van der Waals surface area contributed by atoms with Crippen molar-refractivity contribution < 1.29 is 9.13 Å². The monoisotopic (exact) mass is 496 g/mol. The average molecular weight is 497 g/mol. The molecule has 0 saturated heterocycles. The molecule has 36 heavy (non-hydrogen) atoms. The first-order valence-electron chi connectivity index (χ1n) is 15.8. The largest absolute Gasteiger partial charge is 0.205 e. The lowest BCUT2D eigenvalue weighted by Crippen LogP contribution is -2.33. The van der Waals surface area contributed by atoms with Crippen LogP contribution in [0.2, 0.25) is 0 Å². The van der Waals surface area contributed by atoms with E-state index in [1.807, 2.05) is 13.8 Å². The molecular weight excluding hydrogens is 436 g/mol. The molecule has 0 aliphatic rings. The maximum atomic E-state index is 2.41. The van der Waals surface area contributed by atoms with E-state index in [0.717, 1.165) is 0 Å². The van der Waals surface area contributed by atoms with Gasteiger partial charge in [-0.05, 0) is 50.7 Å². The zero-order valence-corrected chi connectivity index (χ0v) is 24.7. The van der Waals surface area contributed by atoms with Gasteiger partial charge < -0.3 is 0 Å². The summed E-state index contributed by atoms with van der Waals surface area (Å²) in [6.45, 7) is 10.9. The molecule has 0 aromatic carbocycles. The number of unbranched alkanes of at least 4 members (excludes halogenated alkanes) is 13. The van der Waals surface area contributed by atoms with Crippen LogP contribution < -0.4 is 9.13 Å². The molecule has 0 N–H and O–H groups in total. The molecule has 0 fully saturated rings. The maximum absolute atomic E-state index is 2.41. The molecule has 2 rings (SSSR count). The summed E-state index contributed by atoms with van der Waals surface area (Å²) in [5.74, 6) is 0. The van der Waals surface area contributed by atoms with Gasteiger partial charge in [0.05, 0.1) is 0 Å². The van der Waals surface area contributed by atoms with E-state index in [2.05, 4.69) is 72.0 Å². The van der Waals surface area contributed by atoms with E-state index in [-0.39, 0.29) is 0 Å². The fourth-order valence-electron chi connectivity index (χ4n) is 4.89. The van der Waals surface area contributed by atoms with E-state index < -0.39 is 0 Å². The molecule has 0 atom stereocenters. The van der Waals surface area contributed by atoms with Crippen LogP contribution in [0.4, 0.5) is 0 Å². The highest BCUT2D eigenvalue weighted by atomic mass is 14.9. The number of pyridine rings is 2. The Morgan fingerprint density at radius 3 is 1.19 bits per heavy atom. The number of hydrogen-bond acceptors (Lipinski definition) is 0. The first-order valence-corrected chi connectivity index (χ1v) is 15.8. The molecule has 0 saturated carbocycles. The van der Waals surface area contributed by atoms with Gasteiger partial charge in [-0.3, -0.25) is 0 Å². The van der Waals surface area contributed by atoms with E-state index in [1.54, 1.807) is 0 Å². The molecule has 2 heteroatoms. The molecule has 0 amide bonds. The first-order chi connectivity index (χ1) is 17.8. The Morgan fingerprint density at radius 2 is 0.833 bits per heavy atom. The second-order valence-electron chi connectivity index (χ2n) is 10.3. The number of hydrogen-bond donors (Lipinski definition) is 0. The fourth-order valence-corrected chi connectivity index (χ4v) is 4.89. The third kappa shape index (κ3) is 16.9. The summed E-state index contributed by atoms with van der Waals surface area (Å²) in [6, 6.07) is 9.04. The van der Waals surface area contributed by atoms with Crippen molar-refractivity contribution in [3.63, 3.8) is 0 Å². The lowest BCUT2D eigenvalue weighted by Gasteiger charge is -2.03. The third-order valence-electron chi connectivity index (χ3n) is 7.06. The Bertz CT molecular complexity index is 676. The second kappa shape index (κ2) is 23.7. The zero-order chi connectivity index (χ0) is 26.1. The normalized spacial score (nSPS) is 10.8. The summed E-state index contributed by atoms with van der Waals surface area (Å²) in [5.41, 5.74) is 3.01. The summed E-state index contributed by atoms with van der Waals surface area (Å²) >= 11 is 0. The number of nitrogens with zero attached hydrogens (tertiary/aromatic N) is 2. The molecule has 0 aliphatic heterocycles. The van der Waals surface area contributed by atoms with E-state index in [1.165, 1.54) is 140 Å². The molecule has 2 aromatic rings. The van der Waals surface area contributed by atoms with Gasteiger partial charge in [-0.1, -0.05) is 91.9 Å². The van der Waals surface area contributed by atoms with Crippen LogP contribution in [-0.4, -0.2) is 0 Å². The number of rotatable bonds is 21. The molecule has 0 bridgehead atoms. The van der Waals surface area contributed by atoms with E-state index in [0.29, 0.717) is 0 Å². The van der Waals surface area contributed by atoms with Crippen LogP contribution in [0.3, 0.4) is 0 Å². The Balaban J connectivity index is 0.00000316. The van der Waals surface area contributed by atoms with E-state index >= 15 is 0 Å². The molecular formula is C34H60N2+2. The Labute approximate surface area is 225 Å². The Morgan fingerprint density at radius 1 is 0.472 bits per heavy atom. The van der Waals surface area contributed by atoms with Crippen LogP contribution >= 0.6 is 0 Å². The average Bonchev–Trinajstić information content (AvgIpc) is 2.91. The summed E-state index contributed by atoms with van der Waals surface area (Å²) in [5, 5.41) is 0. The van der Waals surface area contributed by atoms with Gasteiger partial charge in [0.1, 0.15) is 13.1 Å². The number of aryl methyl sites for hydroxylation is 4. The van der Waals surface area contributed by atoms with Crippen LogP contribution in [0.25, 0.3) is 0 Å². The van der Waals surface area contributed by atoms with Gasteiger partial charge in [0.15, 0.2) is 24.8 Å².